The number of carbonyl (C=O) groups excluding carboxylic acids is 1. The molecule has 6 rings (SSSR count). The van der Waals surface area contributed by atoms with Crippen LogP contribution in [0.25, 0.3) is 11.3 Å². The van der Waals surface area contributed by atoms with Gasteiger partial charge in [0.1, 0.15) is 18.6 Å². The van der Waals surface area contributed by atoms with Crippen molar-refractivity contribution in [2.75, 3.05) is 50.4 Å². The Morgan fingerprint density at radius 3 is 2.71 bits per heavy atom. The molecule has 2 fully saturated rings. The zero-order valence-corrected chi connectivity index (χ0v) is 19.3. The van der Waals surface area contributed by atoms with Crippen molar-refractivity contribution in [1.82, 2.24) is 35.1 Å². The molecule has 2 N–H and O–H groups in total. The molecule has 0 radical (unpaired) electrons. The molecule has 1 saturated heterocycles. The van der Waals surface area contributed by atoms with Gasteiger partial charge in [-0.1, -0.05) is 0 Å². The van der Waals surface area contributed by atoms with E-state index in [1.165, 1.54) is 6.20 Å². The van der Waals surface area contributed by atoms with Gasteiger partial charge >= 0.3 is 0 Å². The van der Waals surface area contributed by atoms with E-state index >= 15 is 0 Å². The van der Waals surface area contributed by atoms with Crippen molar-refractivity contribution in [3.8, 4) is 11.3 Å². The van der Waals surface area contributed by atoms with Gasteiger partial charge in [0.25, 0.3) is 5.92 Å². The first-order valence-electron chi connectivity index (χ1n) is 11.4. The fourth-order valence-electron chi connectivity index (χ4n) is 4.94. The van der Waals surface area contributed by atoms with Gasteiger partial charge in [-0.3, -0.25) is 9.78 Å². The van der Waals surface area contributed by atoms with Gasteiger partial charge < -0.3 is 30.1 Å². The van der Waals surface area contributed by atoms with Crippen LogP contribution in [0.2, 0.25) is 0 Å². The highest BCUT2D eigenvalue weighted by molar-refractivity contribution is 5.94. The van der Waals surface area contributed by atoms with Crippen molar-refractivity contribution in [2.24, 2.45) is 11.8 Å². The minimum absolute atomic E-state index is 0.226. The van der Waals surface area contributed by atoms with Gasteiger partial charge in [-0.15, -0.1) is 0 Å². The number of piperidine rings is 1. The molecule has 1 saturated carbocycles. The maximum atomic E-state index is 13.4. The first-order valence-corrected chi connectivity index (χ1v) is 11.4. The lowest BCUT2D eigenvalue weighted by Crippen LogP contribution is -2.42. The summed E-state index contributed by atoms with van der Waals surface area (Å²) in [5.41, 5.74) is 2.05. The van der Waals surface area contributed by atoms with Gasteiger partial charge in [0.15, 0.2) is 5.82 Å². The number of hydrogen-bond donors (Lipinski definition) is 2. The van der Waals surface area contributed by atoms with E-state index in [0.29, 0.717) is 43.0 Å². The predicted molar refractivity (Wildman–Crippen MR) is 121 cm³/mol. The van der Waals surface area contributed by atoms with Gasteiger partial charge in [-0.05, 0) is 6.92 Å². The molecule has 2 aromatic rings. The van der Waals surface area contributed by atoms with Gasteiger partial charge in [0, 0.05) is 38.1 Å². The average molecular weight is 485 g/mol. The third-order valence-electron chi connectivity index (χ3n) is 7.09. The van der Waals surface area contributed by atoms with Crippen LogP contribution in [0.5, 0.6) is 0 Å². The zero-order valence-electron chi connectivity index (χ0n) is 19.3. The lowest BCUT2D eigenvalue weighted by atomic mass is 10.2. The number of nitrogens with one attached hydrogen (secondary N) is 2. The highest BCUT2D eigenvalue weighted by Crippen LogP contribution is 2.59. The van der Waals surface area contributed by atoms with Gasteiger partial charge in [-0.25, -0.2) is 23.7 Å². The van der Waals surface area contributed by atoms with Crippen LogP contribution in [0.4, 0.5) is 20.5 Å². The summed E-state index contributed by atoms with van der Waals surface area (Å²) >= 11 is 0. The predicted octanol–water partition coefficient (Wildman–Crippen LogP) is 0.913. The molecule has 4 aliphatic rings. The van der Waals surface area contributed by atoms with Crippen LogP contribution in [0, 0.1) is 11.8 Å². The van der Waals surface area contributed by atoms with E-state index in [2.05, 4.69) is 30.6 Å². The standard InChI is InChI=1S/C22H25F2N9O2/c1-12(33-10-28-19-17(33)9-35-11-31(19)2)20(34)30-18-6-25-5-16(29-18)13-3-26-21(27-4-13)32-7-14-15(8-32)22(14,23)24/h3-6,12,14-15,28H,7-11H2,1-2H3,(H,29,30,34)/t12-,14?,15?/m0/s1. The molecule has 2 aromatic heterocycles. The Labute approximate surface area is 200 Å². The smallest absolute Gasteiger partial charge is 0.258 e. The Morgan fingerprint density at radius 2 is 1.97 bits per heavy atom. The van der Waals surface area contributed by atoms with Crippen molar-refractivity contribution in [2.45, 2.75) is 18.9 Å². The number of carbonyl (C=O) groups is 1. The minimum Gasteiger partial charge on any atom is -0.355 e. The molecule has 13 heteroatoms. The maximum Gasteiger partial charge on any atom is 0.258 e. The van der Waals surface area contributed by atoms with E-state index in [4.69, 9.17) is 4.74 Å². The van der Waals surface area contributed by atoms with Crippen LogP contribution >= 0.6 is 0 Å². The summed E-state index contributed by atoms with van der Waals surface area (Å²) in [6, 6.07) is -0.461. The molecule has 1 aliphatic carbocycles. The molecule has 1 amide bonds. The van der Waals surface area contributed by atoms with Crippen LogP contribution in [-0.4, -0.2) is 87.8 Å². The molecule has 35 heavy (non-hydrogen) atoms. The molecule has 0 aromatic carbocycles. The lowest BCUT2D eigenvalue weighted by Gasteiger charge is -2.30. The number of ether oxygens (including phenoxy) is 1. The van der Waals surface area contributed by atoms with Gasteiger partial charge in [0.2, 0.25) is 11.9 Å². The first-order chi connectivity index (χ1) is 16.8. The Balaban J connectivity index is 1.11. The van der Waals surface area contributed by atoms with Gasteiger partial charge in [0.05, 0.1) is 48.9 Å². The molecule has 3 aliphatic heterocycles. The molecule has 0 spiro atoms. The second-order valence-corrected chi connectivity index (χ2v) is 9.29. The molecule has 2 unspecified atom stereocenters. The third kappa shape index (κ3) is 3.70. The highest BCUT2D eigenvalue weighted by atomic mass is 19.3. The number of nitrogens with zero attached hydrogens (tertiary/aromatic N) is 7. The van der Waals surface area contributed by atoms with E-state index in [0.717, 1.165) is 11.5 Å². The second kappa shape index (κ2) is 7.97. The number of amides is 1. The third-order valence-corrected chi connectivity index (χ3v) is 7.09. The first kappa shape index (κ1) is 21.9. The molecule has 11 nitrogen and oxygen atoms in total. The van der Waals surface area contributed by atoms with E-state index in [9.17, 15) is 13.6 Å². The number of rotatable bonds is 5. The van der Waals surface area contributed by atoms with Crippen LogP contribution < -0.4 is 15.5 Å². The Morgan fingerprint density at radius 1 is 1.23 bits per heavy atom. The van der Waals surface area contributed by atoms with Crippen molar-refractivity contribution < 1.29 is 18.3 Å². The largest absolute Gasteiger partial charge is 0.355 e. The SMILES string of the molecule is C[C@@H](C(=O)Nc1cncc(-c2cnc(N3CC4C(C3)C4(F)F)nc2)n1)N1CNC2=C1COCN2C. The van der Waals surface area contributed by atoms with Crippen molar-refractivity contribution >= 4 is 17.7 Å². The molecule has 5 heterocycles. The number of halogens is 2. The van der Waals surface area contributed by atoms with E-state index in [1.54, 1.807) is 23.5 Å². The summed E-state index contributed by atoms with van der Waals surface area (Å²) in [5.74, 6) is -2.25. The zero-order chi connectivity index (χ0) is 24.3. The summed E-state index contributed by atoms with van der Waals surface area (Å²) in [6.45, 7) is 3.81. The molecule has 3 atom stereocenters. The number of hydrogen-bond acceptors (Lipinski definition) is 10. The highest BCUT2D eigenvalue weighted by Gasteiger charge is 2.72. The fourth-order valence-corrected chi connectivity index (χ4v) is 4.94. The number of aromatic nitrogens is 4. The van der Waals surface area contributed by atoms with Crippen molar-refractivity contribution in [3.63, 3.8) is 0 Å². The van der Waals surface area contributed by atoms with Crippen LogP contribution in [0.3, 0.4) is 0 Å². The van der Waals surface area contributed by atoms with E-state index in [1.807, 2.05) is 23.8 Å². The minimum atomic E-state index is -2.54. The van der Waals surface area contributed by atoms with Crippen molar-refractivity contribution in [1.29, 1.82) is 0 Å². The van der Waals surface area contributed by atoms with E-state index < -0.39 is 23.8 Å². The lowest BCUT2D eigenvalue weighted by molar-refractivity contribution is -0.120. The van der Waals surface area contributed by atoms with E-state index in [-0.39, 0.29) is 19.0 Å². The van der Waals surface area contributed by atoms with Crippen LogP contribution in [0.1, 0.15) is 6.92 Å². The Hall–Kier alpha value is -3.61. The topological polar surface area (TPSA) is 112 Å². The summed E-state index contributed by atoms with van der Waals surface area (Å²) < 4.78 is 32.5. The Bertz CT molecular complexity index is 1180. The van der Waals surface area contributed by atoms with Crippen LogP contribution in [-0.2, 0) is 9.53 Å². The number of anilines is 2. The Kier molecular flexibility index (Phi) is 4.99. The summed E-state index contributed by atoms with van der Waals surface area (Å²) in [7, 11) is 1.93. The fraction of sp³-hybridized carbons (Fsp3) is 0.500. The quantitative estimate of drug-likeness (QED) is 0.634. The number of fused-ring (bicyclic) bond motifs is 1. The summed E-state index contributed by atoms with van der Waals surface area (Å²) in [5, 5.41) is 6.14. The number of alkyl halides is 2. The monoisotopic (exact) mass is 485 g/mol. The molecular weight excluding hydrogens is 460 g/mol. The summed E-state index contributed by atoms with van der Waals surface area (Å²) in [4.78, 5) is 36.0. The molecular formula is C22H25F2N9O2. The second-order valence-electron chi connectivity index (χ2n) is 9.29. The van der Waals surface area contributed by atoms with Crippen LogP contribution in [0.15, 0.2) is 36.3 Å². The maximum absolute atomic E-state index is 13.4. The molecule has 0 bridgehead atoms. The normalized spacial score (nSPS) is 25.2. The summed E-state index contributed by atoms with van der Waals surface area (Å²) in [6.07, 6.45) is 6.21. The average Bonchev–Trinajstić information content (AvgIpc) is 3.29. The van der Waals surface area contributed by atoms with Crippen molar-refractivity contribution in [3.05, 3.63) is 36.3 Å². The molecule has 184 valence electrons. The van der Waals surface area contributed by atoms with Gasteiger partial charge in [-0.2, -0.15) is 0 Å².